The van der Waals surface area contributed by atoms with Crippen LogP contribution in [-0.4, -0.2) is 61.2 Å². The molecule has 1 aliphatic rings. The third-order valence-corrected chi connectivity index (χ3v) is 4.56. The number of rotatable bonds is 4. The standard InChI is InChI=1S/C17H20N6O3/c1-13-10-14(19-26-13)11-20-6-8-21(9-7-20)16(24)12-23-17(25)22-5-3-2-4-15(22)18-23/h2-5,10H,6-9,11-12H2,1H3. The molecule has 0 aromatic carbocycles. The molecule has 0 bridgehead atoms. The van der Waals surface area contributed by atoms with Gasteiger partial charge in [-0.05, 0) is 19.1 Å². The summed E-state index contributed by atoms with van der Waals surface area (Å²) < 4.78 is 7.75. The molecule has 0 aliphatic carbocycles. The third kappa shape index (κ3) is 3.25. The number of hydrogen-bond acceptors (Lipinski definition) is 6. The number of fused-ring (bicyclic) bond motifs is 1. The second kappa shape index (κ2) is 6.75. The molecule has 9 heteroatoms. The molecule has 0 unspecified atom stereocenters. The van der Waals surface area contributed by atoms with E-state index in [1.54, 1.807) is 23.2 Å². The molecule has 0 spiro atoms. The largest absolute Gasteiger partial charge is 0.361 e. The van der Waals surface area contributed by atoms with Crippen molar-refractivity contribution in [3.63, 3.8) is 0 Å². The van der Waals surface area contributed by atoms with Crippen molar-refractivity contribution in [3.05, 3.63) is 52.4 Å². The maximum absolute atomic E-state index is 12.5. The summed E-state index contributed by atoms with van der Waals surface area (Å²) in [6.45, 7) is 5.31. The van der Waals surface area contributed by atoms with Crippen LogP contribution in [0.4, 0.5) is 0 Å². The Bertz CT molecular complexity index is 980. The van der Waals surface area contributed by atoms with Gasteiger partial charge < -0.3 is 9.42 Å². The summed E-state index contributed by atoms with van der Waals surface area (Å²) in [6.07, 6.45) is 1.65. The zero-order chi connectivity index (χ0) is 18.1. The van der Waals surface area contributed by atoms with Crippen LogP contribution >= 0.6 is 0 Å². The Morgan fingerprint density at radius 1 is 1.23 bits per heavy atom. The third-order valence-electron chi connectivity index (χ3n) is 4.56. The van der Waals surface area contributed by atoms with Gasteiger partial charge in [-0.25, -0.2) is 9.48 Å². The minimum atomic E-state index is -0.297. The number of carbonyl (C=O) groups is 1. The first-order chi connectivity index (χ1) is 12.6. The van der Waals surface area contributed by atoms with Gasteiger partial charge in [0.25, 0.3) is 0 Å². The van der Waals surface area contributed by atoms with Crippen LogP contribution in [0, 0.1) is 6.92 Å². The molecule has 0 atom stereocenters. The summed E-state index contributed by atoms with van der Waals surface area (Å²) in [6, 6.07) is 7.24. The monoisotopic (exact) mass is 356 g/mol. The number of pyridine rings is 1. The van der Waals surface area contributed by atoms with Gasteiger partial charge in [0.1, 0.15) is 12.3 Å². The number of amides is 1. The first-order valence-corrected chi connectivity index (χ1v) is 8.57. The smallest absolute Gasteiger partial charge is 0.350 e. The highest BCUT2D eigenvalue weighted by atomic mass is 16.5. The fourth-order valence-electron chi connectivity index (χ4n) is 3.18. The second-order valence-electron chi connectivity index (χ2n) is 6.45. The van der Waals surface area contributed by atoms with Crippen LogP contribution < -0.4 is 5.69 Å². The van der Waals surface area contributed by atoms with E-state index in [9.17, 15) is 9.59 Å². The first kappa shape index (κ1) is 16.5. The van der Waals surface area contributed by atoms with Crippen LogP contribution in [0.1, 0.15) is 11.5 Å². The van der Waals surface area contributed by atoms with Crippen molar-refractivity contribution in [3.8, 4) is 0 Å². The summed E-state index contributed by atoms with van der Waals surface area (Å²) in [5.41, 5.74) is 1.14. The van der Waals surface area contributed by atoms with Gasteiger partial charge in [-0.3, -0.25) is 14.1 Å². The molecule has 9 nitrogen and oxygen atoms in total. The highest BCUT2D eigenvalue weighted by Gasteiger charge is 2.23. The Balaban J connectivity index is 1.36. The van der Waals surface area contributed by atoms with E-state index in [1.165, 1.54) is 9.08 Å². The fourth-order valence-corrected chi connectivity index (χ4v) is 3.18. The van der Waals surface area contributed by atoms with Crippen LogP contribution in [0.5, 0.6) is 0 Å². The fraction of sp³-hybridized carbons (Fsp3) is 0.412. The van der Waals surface area contributed by atoms with Crippen molar-refractivity contribution < 1.29 is 9.32 Å². The molecular formula is C17H20N6O3. The number of aryl methyl sites for hydroxylation is 1. The van der Waals surface area contributed by atoms with E-state index in [2.05, 4.69) is 15.2 Å². The lowest BCUT2D eigenvalue weighted by atomic mass is 10.2. The second-order valence-corrected chi connectivity index (χ2v) is 6.45. The highest BCUT2D eigenvalue weighted by Crippen LogP contribution is 2.09. The normalized spacial score (nSPS) is 15.7. The van der Waals surface area contributed by atoms with Crippen LogP contribution in [0.2, 0.25) is 0 Å². The number of carbonyl (C=O) groups excluding carboxylic acids is 1. The van der Waals surface area contributed by atoms with Gasteiger partial charge in [-0.1, -0.05) is 11.2 Å². The van der Waals surface area contributed by atoms with Gasteiger partial charge in [0.15, 0.2) is 5.65 Å². The molecule has 1 fully saturated rings. The summed E-state index contributed by atoms with van der Waals surface area (Å²) in [5.74, 6) is 0.708. The minimum absolute atomic E-state index is 0.0387. The summed E-state index contributed by atoms with van der Waals surface area (Å²) in [5, 5.41) is 8.22. The van der Waals surface area contributed by atoms with Gasteiger partial charge >= 0.3 is 5.69 Å². The highest BCUT2D eigenvalue weighted by molar-refractivity contribution is 5.76. The number of piperazine rings is 1. The molecule has 0 radical (unpaired) electrons. The van der Waals surface area contributed by atoms with E-state index in [4.69, 9.17) is 4.52 Å². The maximum atomic E-state index is 12.5. The Labute approximate surface area is 149 Å². The van der Waals surface area contributed by atoms with E-state index in [0.29, 0.717) is 25.3 Å². The predicted octanol–water partition coefficient (Wildman–Crippen LogP) is 0.137. The quantitative estimate of drug-likeness (QED) is 0.661. The molecule has 1 aliphatic heterocycles. The van der Waals surface area contributed by atoms with E-state index in [1.807, 2.05) is 19.1 Å². The van der Waals surface area contributed by atoms with Crippen molar-refractivity contribution in [1.29, 1.82) is 0 Å². The maximum Gasteiger partial charge on any atom is 0.350 e. The topological polar surface area (TPSA) is 88.9 Å². The molecule has 0 saturated carbocycles. The van der Waals surface area contributed by atoms with Gasteiger partial charge in [0.2, 0.25) is 5.91 Å². The Morgan fingerprint density at radius 3 is 2.73 bits per heavy atom. The molecule has 0 N–H and O–H groups in total. The molecular weight excluding hydrogens is 336 g/mol. The van der Waals surface area contributed by atoms with Crippen molar-refractivity contribution in [2.24, 2.45) is 0 Å². The zero-order valence-electron chi connectivity index (χ0n) is 14.5. The lowest BCUT2D eigenvalue weighted by Crippen LogP contribution is -2.49. The molecule has 1 saturated heterocycles. The van der Waals surface area contributed by atoms with Crippen molar-refractivity contribution >= 4 is 11.6 Å². The minimum Gasteiger partial charge on any atom is -0.361 e. The molecule has 4 heterocycles. The first-order valence-electron chi connectivity index (χ1n) is 8.57. The van der Waals surface area contributed by atoms with Crippen LogP contribution in [0.3, 0.4) is 0 Å². The molecule has 3 aromatic heterocycles. The van der Waals surface area contributed by atoms with E-state index < -0.39 is 0 Å². The molecule has 26 heavy (non-hydrogen) atoms. The van der Waals surface area contributed by atoms with Crippen LogP contribution in [-0.2, 0) is 17.9 Å². The molecule has 136 valence electrons. The van der Waals surface area contributed by atoms with Crippen molar-refractivity contribution in [2.45, 2.75) is 20.0 Å². The SMILES string of the molecule is Cc1cc(CN2CCN(C(=O)Cn3nc4ccccn4c3=O)CC2)no1. The zero-order valence-corrected chi connectivity index (χ0v) is 14.5. The number of hydrogen-bond donors (Lipinski definition) is 0. The number of nitrogens with zero attached hydrogens (tertiary/aromatic N) is 6. The lowest BCUT2D eigenvalue weighted by molar-refractivity contribution is -0.133. The Hall–Kier alpha value is -2.94. The van der Waals surface area contributed by atoms with Crippen LogP contribution in [0.15, 0.2) is 39.8 Å². The van der Waals surface area contributed by atoms with Crippen molar-refractivity contribution in [2.75, 3.05) is 26.2 Å². The summed E-state index contributed by atoms with van der Waals surface area (Å²) >= 11 is 0. The molecule has 1 amide bonds. The van der Waals surface area contributed by atoms with Gasteiger partial charge in [0, 0.05) is 45.0 Å². The average molecular weight is 356 g/mol. The van der Waals surface area contributed by atoms with Crippen molar-refractivity contribution in [1.82, 2.24) is 29.1 Å². The molecule has 3 aromatic rings. The predicted molar refractivity (Wildman–Crippen MR) is 92.5 cm³/mol. The van der Waals surface area contributed by atoms with Gasteiger partial charge in [-0.15, -0.1) is 5.10 Å². The van der Waals surface area contributed by atoms with Gasteiger partial charge in [0.05, 0.1) is 5.69 Å². The lowest BCUT2D eigenvalue weighted by Gasteiger charge is -2.34. The van der Waals surface area contributed by atoms with E-state index >= 15 is 0 Å². The Kier molecular flexibility index (Phi) is 4.29. The average Bonchev–Trinajstić information content (AvgIpc) is 3.19. The van der Waals surface area contributed by atoms with Gasteiger partial charge in [-0.2, -0.15) is 0 Å². The Morgan fingerprint density at radius 2 is 2.04 bits per heavy atom. The van der Waals surface area contributed by atoms with E-state index in [-0.39, 0.29) is 18.1 Å². The van der Waals surface area contributed by atoms with Crippen LogP contribution in [0.25, 0.3) is 5.65 Å². The summed E-state index contributed by atoms with van der Waals surface area (Å²) in [7, 11) is 0. The number of aromatic nitrogens is 4. The molecule has 4 rings (SSSR count). The summed E-state index contributed by atoms with van der Waals surface area (Å²) in [4.78, 5) is 28.8. The van der Waals surface area contributed by atoms with E-state index in [0.717, 1.165) is 24.5 Å².